The third-order valence-corrected chi connectivity index (χ3v) is 9.31. The zero-order valence-corrected chi connectivity index (χ0v) is 26.7. The number of aromatic amines is 1. The highest BCUT2D eigenvalue weighted by atomic mass is 16.1. The van der Waals surface area contributed by atoms with Gasteiger partial charge in [-0.05, 0) is 88.2 Å². The van der Waals surface area contributed by atoms with Gasteiger partial charge in [-0.3, -0.25) is 9.48 Å². The van der Waals surface area contributed by atoms with Crippen molar-refractivity contribution in [2.45, 2.75) is 40.7 Å². The second kappa shape index (κ2) is 11.4. The fourth-order valence-electron chi connectivity index (χ4n) is 6.45. The number of carbonyl (C=O) groups excluding carboxylic acids is 1. The number of aryl methyl sites for hydroxylation is 4. The summed E-state index contributed by atoms with van der Waals surface area (Å²) in [6.45, 7) is 17.3. The van der Waals surface area contributed by atoms with Gasteiger partial charge in [0.15, 0.2) is 0 Å². The Labute approximate surface area is 259 Å². The van der Waals surface area contributed by atoms with Crippen molar-refractivity contribution in [3.05, 3.63) is 83.8 Å². The van der Waals surface area contributed by atoms with Crippen LogP contribution in [0.1, 0.15) is 29.4 Å². The van der Waals surface area contributed by atoms with Gasteiger partial charge < -0.3 is 20.1 Å². The molecule has 1 amide bonds. The number of amides is 1. The van der Waals surface area contributed by atoms with Crippen molar-refractivity contribution < 1.29 is 4.79 Å². The minimum Gasteiger partial charge on any atom is -0.369 e. The van der Waals surface area contributed by atoms with Crippen LogP contribution in [-0.2, 0) is 11.8 Å². The Hall–Kier alpha value is -4.69. The van der Waals surface area contributed by atoms with Crippen molar-refractivity contribution in [1.29, 1.82) is 0 Å². The number of anilines is 2. The van der Waals surface area contributed by atoms with Gasteiger partial charge in [-0.25, -0.2) is 4.98 Å². The molecule has 1 fully saturated rings. The summed E-state index contributed by atoms with van der Waals surface area (Å²) in [6.07, 6.45) is 3.26. The maximum absolute atomic E-state index is 12.3. The van der Waals surface area contributed by atoms with Crippen molar-refractivity contribution in [3.8, 4) is 33.5 Å². The summed E-state index contributed by atoms with van der Waals surface area (Å²) in [6, 6.07) is 15.6. The molecule has 1 aliphatic heterocycles. The van der Waals surface area contributed by atoms with E-state index in [4.69, 9.17) is 4.98 Å². The number of nitrogens with one attached hydrogen (secondary N) is 2. The number of benzene rings is 2. The molecule has 0 bridgehead atoms. The number of carbonyl (C=O) groups is 1. The van der Waals surface area contributed by atoms with Crippen LogP contribution in [0.5, 0.6) is 0 Å². The number of likely N-dealkylation sites (N-methyl/N-ethyl adjacent to an activating group) is 1. The van der Waals surface area contributed by atoms with Crippen LogP contribution in [0.15, 0.2) is 61.3 Å². The van der Waals surface area contributed by atoms with Crippen LogP contribution in [-0.4, -0.2) is 63.3 Å². The van der Waals surface area contributed by atoms with Crippen LogP contribution >= 0.6 is 0 Å². The normalized spacial score (nSPS) is 15.6. The molecule has 0 radical (unpaired) electrons. The lowest BCUT2D eigenvalue weighted by molar-refractivity contribution is -0.111. The third kappa shape index (κ3) is 5.09. The molecule has 4 heterocycles. The summed E-state index contributed by atoms with van der Waals surface area (Å²) >= 11 is 0. The third-order valence-electron chi connectivity index (χ3n) is 9.31. The van der Waals surface area contributed by atoms with E-state index < -0.39 is 0 Å². The lowest BCUT2D eigenvalue weighted by atomic mass is 9.92. The number of aromatic nitrogens is 4. The molecule has 1 aliphatic rings. The standard InChI is InChI=1S/C36H41N7O/c1-9-31(44)38-30-18-27(11-10-21(30)2)34-32-23(4)29(33-24(5)40-42(8)25(33)6)19-37-36(32)39-35(34)26-12-14-28(15-13-26)43-17-16-41(7)22(3)20-43/h9-15,18-19,22H,1,16-17,20H2,2-8H3,(H,37,39)(H,38,44)/t22-/m0/s1. The summed E-state index contributed by atoms with van der Waals surface area (Å²) in [5, 5.41) is 8.72. The lowest BCUT2D eigenvalue weighted by Gasteiger charge is -2.39. The molecule has 1 saturated heterocycles. The van der Waals surface area contributed by atoms with E-state index in [2.05, 4.69) is 102 Å². The molecule has 5 aromatic rings. The molecule has 0 aliphatic carbocycles. The van der Waals surface area contributed by atoms with E-state index in [1.807, 2.05) is 31.8 Å². The first-order valence-corrected chi connectivity index (χ1v) is 15.2. The average molecular weight is 588 g/mol. The summed E-state index contributed by atoms with van der Waals surface area (Å²) in [4.78, 5) is 25.8. The quantitative estimate of drug-likeness (QED) is 0.214. The highest BCUT2D eigenvalue weighted by molar-refractivity contribution is 6.07. The Morgan fingerprint density at radius 1 is 1.02 bits per heavy atom. The van der Waals surface area contributed by atoms with Gasteiger partial charge in [0.2, 0.25) is 5.91 Å². The first kappa shape index (κ1) is 29.4. The minimum absolute atomic E-state index is 0.235. The molecule has 2 aromatic carbocycles. The Morgan fingerprint density at radius 2 is 1.75 bits per heavy atom. The SMILES string of the molecule is C=CC(=O)Nc1cc(-c2c(-c3ccc(N4CCN(C)[C@@H](C)C4)cc3)[nH]c3ncc(-c4c(C)nn(C)c4C)c(C)c23)ccc1C. The van der Waals surface area contributed by atoms with Crippen LogP contribution in [0.2, 0.25) is 0 Å². The summed E-state index contributed by atoms with van der Waals surface area (Å²) < 4.78 is 1.93. The predicted octanol–water partition coefficient (Wildman–Crippen LogP) is 6.80. The maximum atomic E-state index is 12.3. The molecule has 0 saturated carbocycles. The van der Waals surface area contributed by atoms with Crippen LogP contribution in [0.3, 0.4) is 0 Å². The molecule has 0 unspecified atom stereocenters. The molecular formula is C36H41N7O. The minimum atomic E-state index is -0.235. The largest absolute Gasteiger partial charge is 0.369 e. The number of hydrogen-bond donors (Lipinski definition) is 2. The van der Waals surface area contributed by atoms with E-state index in [9.17, 15) is 4.79 Å². The van der Waals surface area contributed by atoms with Crippen molar-refractivity contribution in [3.63, 3.8) is 0 Å². The van der Waals surface area contributed by atoms with Gasteiger partial charge in [0.05, 0.1) is 11.4 Å². The molecule has 8 nitrogen and oxygen atoms in total. The molecule has 8 heteroatoms. The van der Waals surface area contributed by atoms with Crippen LogP contribution in [0.4, 0.5) is 11.4 Å². The van der Waals surface area contributed by atoms with Crippen LogP contribution < -0.4 is 10.2 Å². The smallest absolute Gasteiger partial charge is 0.247 e. The molecule has 226 valence electrons. The Morgan fingerprint density at radius 3 is 2.41 bits per heavy atom. The number of piperazine rings is 1. The monoisotopic (exact) mass is 587 g/mol. The Kier molecular flexibility index (Phi) is 7.63. The second-order valence-corrected chi connectivity index (χ2v) is 12.1. The number of hydrogen-bond acceptors (Lipinski definition) is 5. The summed E-state index contributed by atoms with van der Waals surface area (Å²) in [5.74, 6) is -0.235. The zero-order chi connectivity index (χ0) is 31.3. The van der Waals surface area contributed by atoms with E-state index >= 15 is 0 Å². The fourth-order valence-corrected chi connectivity index (χ4v) is 6.45. The summed E-state index contributed by atoms with van der Waals surface area (Å²) in [5.41, 5.74) is 13.3. The van der Waals surface area contributed by atoms with E-state index in [0.29, 0.717) is 6.04 Å². The first-order valence-electron chi connectivity index (χ1n) is 15.2. The number of rotatable bonds is 6. The Bertz CT molecular complexity index is 1900. The van der Waals surface area contributed by atoms with Gasteiger partial charge in [0, 0.05) is 78.1 Å². The molecule has 44 heavy (non-hydrogen) atoms. The molecule has 2 N–H and O–H groups in total. The van der Waals surface area contributed by atoms with Crippen molar-refractivity contribution in [2.24, 2.45) is 7.05 Å². The highest BCUT2D eigenvalue weighted by Crippen LogP contribution is 2.43. The van der Waals surface area contributed by atoms with E-state index in [1.54, 1.807) is 0 Å². The molecule has 0 spiro atoms. The van der Waals surface area contributed by atoms with Crippen molar-refractivity contribution in [2.75, 3.05) is 36.9 Å². The average Bonchev–Trinajstić information content (AvgIpc) is 3.52. The first-order chi connectivity index (χ1) is 21.1. The molecule has 3 aromatic heterocycles. The van der Waals surface area contributed by atoms with Gasteiger partial charge in [0.25, 0.3) is 0 Å². The second-order valence-electron chi connectivity index (χ2n) is 12.1. The summed E-state index contributed by atoms with van der Waals surface area (Å²) in [7, 11) is 4.17. The number of pyridine rings is 1. The van der Waals surface area contributed by atoms with Crippen molar-refractivity contribution in [1.82, 2.24) is 24.6 Å². The fraction of sp³-hybridized carbons (Fsp3) is 0.306. The van der Waals surface area contributed by atoms with Gasteiger partial charge in [-0.1, -0.05) is 30.8 Å². The van der Waals surface area contributed by atoms with Crippen LogP contribution in [0, 0.1) is 27.7 Å². The van der Waals surface area contributed by atoms with Gasteiger partial charge >= 0.3 is 0 Å². The van der Waals surface area contributed by atoms with Crippen LogP contribution in [0.25, 0.3) is 44.5 Å². The lowest BCUT2D eigenvalue weighted by Crippen LogP contribution is -2.50. The number of nitrogens with zero attached hydrogens (tertiary/aromatic N) is 5. The maximum Gasteiger partial charge on any atom is 0.247 e. The van der Waals surface area contributed by atoms with Gasteiger partial charge in [-0.15, -0.1) is 0 Å². The van der Waals surface area contributed by atoms with Crippen molar-refractivity contribution >= 4 is 28.3 Å². The van der Waals surface area contributed by atoms with E-state index in [-0.39, 0.29) is 5.91 Å². The molecular weight excluding hydrogens is 546 g/mol. The topological polar surface area (TPSA) is 82.1 Å². The molecule has 6 rings (SSSR count). The zero-order valence-electron chi connectivity index (χ0n) is 26.7. The Balaban J connectivity index is 1.54. The molecule has 1 atom stereocenters. The van der Waals surface area contributed by atoms with E-state index in [0.717, 1.165) is 92.4 Å². The highest BCUT2D eigenvalue weighted by Gasteiger charge is 2.24. The van der Waals surface area contributed by atoms with Gasteiger partial charge in [0.1, 0.15) is 5.65 Å². The number of fused-ring (bicyclic) bond motifs is 1. The van der Waals surface area contributed by atoms with Gasteiger partial charge in [-0.2, -0.15) is 5.10 Å². The predicted molar refractivity (Wildman–Crippen MR) is 181 cm³/mol. The van der Waals surface area contributed by atoms with E-state index in [1.165, 1.54) is 11.8 Å². The number of H-pyrrole nitrogens is 1.